The average Bonchev–Trinajstić information content (AvgIpc) is 2.69. The lowest BCUT2D eigenvalue weighted by Crippen LogP contribution is -2.52. The van der Waals surface area contributed by atoms with Gasteiger partial charge in [0.05, 0.1) is 36.5 Å². The number of hydrogen-bond acceptors (Lipinski definition) is 7. The molecular weight excluding hydrogens is 372 g/mol. The summed E-state index contributed by atoms with van der Waals surface area (Å²) in [5, 5.41) is 2.16. The molecule has 11 heteroatoms. The molecule has 0 spiro atoms. The number of anilines is 2. The first-order valence-corrected chi connectivity index (χ1v) is 10.5. The molecule has 0 aliphatic carbocycles. The summed E-state index contributed by atoms with van der Waals surface area (Å²) in [6.45, 7) is 2.29. The third-order valence-corrected chi connectivity index (χ3v) is 7.02. The van der Waals surface area contributed by atoms with Gasteiger partial charge in [-0.3, -0.25) is 0 Å². The molecule has 1 aromatic rings. The minimum absolute atomic E-state index is 0.183. The second-order valence-electron chi connectivity index (χ2n) is 6.86. The van der Waals surface area contributed by atoms with E-state index in [2.05, 4.69) is 15.3 Å². The van der Waals surface area contributed by atoms with Crippen LogP contribution in [0.15, 0.2) is 12.4 Å². The van der Waals surface area contributed by atoms with Crippen LogP contribution in [-0.4, -0.2) is 92.4 Å². The number of morpholine rings is 1. The number of nitrogens with zero attached hydrogens (tertiary/aromatic N) is 5. The summed E-state index contributed by atoms with van der Waals surface area (Å²) in [6.07, 6.45) is 4.28. The topological polar surface area (TPSA) is 108 Å². The number of carbonyl (C=O) groups is 1. The third kappa shape index (κ3) is 4.66. The summed E-state index contributed by atoms with van der Waals surface area (Å²) in [5.74, 6) is 0.544. The number of likely N-dealkylation sites (tertiary alicyclic amines) is 1. The lowest BCUT2D eigenvalue weighted by molar-refractivity contribution is 0.0721. The Morgan fingerprint density at radius 2 is 1.89 bits per heavy atom. The van der Waals surface area contributed by atoms with Gasteiger partial charge in [0.15, 0.2) is 0 Å². The van der Waals surface area contributed by atoms with E-state index in [4.69, 9.17) is 4.74 Å². The SMILES string of the molecule is CN(C)c1ncc(NC(=O)N2CCCC(S(=O)(=O)N3CCOCC3)C2)cn1. The van der Waals surface area contributed by atoms with Crippen molar-refractivity contribution in [3.8, 4) is 0 Å². The van der Waals surface area contributed by atoms with E-state index in [-0.39, 0.29) is 12.6 Å². The summed E-state index contributed by atoms with van der Waals surface area (Å²) in [7, 11) is 0.221. The Hall–Kier alpha value is -1.98. The highest BCUT2D eigenvalue weighted by atomic mass is 32.2. The Morgan fingerprint density at radius 1 is 1.22 bits per heavy atom. The molecule has 0 radical (unpaired) electrons. The fourth-order valence-corrected chi connectivity index (χ4v) is 5.11. The van der Waals surface area contributed by atoms with Gasteiger partial charge in [-0.1, -0.05) is 0 Å². The monoisotopic (exact) mass is 398 g/mol. The molecule has 1 atom stereocenters. The van der Waals surface area contributed by atoms with Crippen LogP contribution in [0.3, 0.4) is 0 Å². The van der Waals surface area contributed by atoms with Crippen molar-refractivity contribution < 1.29 is 17.9 Å². The molecule has 0 saturated carbocycles. The Morgan fingerprint density at radius 3 is 2.52 bits per heavy atom. The van der Waals surface area contributed by atoms with Gasteiger partial charge < -0.3 is 19.9 Å². The maximum absolute atomic E-state index is 12.9. The number of carbonyl (C=O) groups excluding carboxylic acids is 1. The molecule has 2 saturated heterocycles. The van der Waals surface area contributed by atoms with Crippen molar-refractivity contribution in [3.05, 3.63) is 12.4 Å². The first kappa shape index (κ1) is 19.8. The number of urea groups is 1. The van der Waals surface area contributed by atoms with E-state index >= 15 is 0 Å². The molecule has 1 unspecified atom stereocenters. The van der Waals surface area contributed by atoms with Crippen LogP contribution in [-0.2, 0) is 14.8 Å². The molecule has 2 amide bonds. The number of hydrogen-bond donors (Lipinski definition) is 1. The molecular formula is C16H26N6O4S. The van der Waals surface area contributed by atoms with Crippen molar-refractivity contribution in [2.75, 3.05) is 63.7 Å². The Bertz CT molecular complexity index is 749. The first-order chi connectivity index (χ1) is 12.9. The van der Waals surface area contributed by atoms with E-state index in [0.29, 0.717) is 57.3 Å². The number of amides is 2. The second kappa shape index (κ2) is 8.36. The van der Waals surface area contributed by atoms with Crippen LogP contribution >= 0.6 is 0 Å². The molecule has 3 rings (SSSR count). The molecule has 27 heavy (non-hydrogen) atoms. The molecule has 1 aromatic heterocycles. The molecule has 10 nitrogen and oxygen atoms in total. The smallest absolute Gasteiger partial charge is 0.321 e. The number of nitrogens with one attached hydrogen (secondary N) is 1. The Kier molecular flexibility index (Phi) is 6.12. The zero-order chi connectivity index (χ0) is 19.4. The third-order valence-electron chi connectivity index (χ3n) is 4.71. The largest absolute Gasteiger partial charge is 0.379 e. The molecule has 2 aliphatic heterocycles. The fraction of sp³-hybridized carbons (Fsp3) is 0.688. The van der Waals surface area contributed by atoms with Crippen LogP contribution in [0.1, 0.15) is 12.8 Å². The summed E-state index contributed by atoms with van der Waals surface area (Å²) in [5.41, 5.74) is 0.476. The summed E-state index contributed by atoms with van der Waals surface area (Å²) in [4.78, 5) is 24.2. The Balaban J connectivity index is 1.62. The van der Waals surface area contributed by atoms with Gasteiger partial charge in [-0.05, 0) is 12.8 Å². The fourth-order valence-electron chi connectivity index (χ4n) is 3.20. The lowest BCUT2D eigenvalue weighted by atomic mass is 10.1. The molecule has 2 aliphatic rings. The quantitative estimate of drug-likeness (QED) is 0.772. The van der Waals surface area contributed by atoms with Gasteiger partial charge in [0.1, 0.15) is 0 Å². The van der Waals surface area contributed by atoms with Gasteiger partial charge in [0.25, 0.3) is 0 Å². The van der Waals surface area contributed by atoms with Crippen molar-refractivity contribution in [1.82, 2.24) is 19.2 Å². The molecule has 2 fully saturated rings. The van der Waals surface area contributed by atoms with Gasteiger partial charge in [-0.25, -0.2) is 23.2 Å². The van der Waals surface area contributed by atoms with E-state index < -0.39 is 15.3 Å². The number of ether oxygens (including phenoxy) is 1. The molecule has 1 N–H and O–H groups in total. The van der Waals surface area contributed by atoms with Gasteiger partial charge in [-0.2, -0.15) is 4.31 Å². The minimum Gasteiger partial charge on any atom is -0.379 e. The van der Waals surface area contributed by atoms with Crippen molar-refractivity contribution in [3.63, 3.8) is 0 Å². The minimum atomic E-state index is -3.44. The van der Waals surface area contributed by atoms with Crippen LogP contribution in [0.25, 0.3) is 0 Å². The number of rotatable bonds is 4. The van der Waals surface area contributed by atoms with Crippen LogP contribution in [0, 0.1) is 0 Å². The molecule has 0 bridgehead atoms. The zero-order valence-corrected chi connectivity index (χ0v) is 16.5. The highest BCUT2D eigenvalue weighted by molar-refractivity contribution is 7.89. The van der Waals surface area contributed by atoms with Gasteiger partial charge >= 0.3 is 6.03 Å². The lowest BCUT2D eigenvalue weighted by Gasteiger charge is -2.36. The highest BCUT2D eigenvalue weighted by Crippen LogP contribution is 2.22. The van der Waals surface area contributed by atoms with Crippen LogP contribution in [0.2, 0.25) is 0 Å². The van der Waals surface area contributed by atoms with Crippen molar-refractivity contribution >= 4 is 27.7 Å². The van der Waals surface area contributed by atoms with Crippen LogP contribution < -0.4 is 10.2 Å². The van der Waals surface area contributed by atoms with E-state index in [1.54, 1.807) is 9.80 Å². The van der Waals surface area contributed by atoms with Crippen LogP contribution in [0.5, 0.6) is 0 Å². The maximum Gasteiger partial charge on any atom is 0.321 e. The summed E-state index contributed by atoms with van der Waals surface area (Å²) >= 11 is 0. The number of sulfonamides is 1. The first-order valence-electron chi connectivity index (χ1n) is 9.00. The van der Waals surface area contributed by atoms with E-state index in [9.17, 15) is 13.2 Å². The van der Waals surface area contributed by atoms with Crippen molar-refractivity contribution in [2.24, 2.45) is 0 Å². The van der Waals surface area contributed by atoms with Gasteiger partial charge in [0, 0.05) is 40.3 Å². The predicted molar refractivity (Wildman–Crippen MR) is 101 cm³/mol. The van der Waals surface area contributed by atoms with Gasteiger partial charge in [0.2, 0.25) is 16.0 Å². The molecule has 3 heterocycles. The summed E-state index contributed by atoms with van der Waals surface area (Å²) in [6, 6.07) is -0.335. The predicted octanol–water partition coefficient (Wildman–Crippen LogP) is 0.201. The number of aromatic nitrogens is 2. The standard InChI is InChI=1S/C16H26N6O4S/c1-20(2)15-17-10-13(11-18-15)19-16(23)21-5-3-4-14(12-21)27(24,25)22-6-8-26-9-7-22/h10-11,14H,3-9,12H2,1-2H3,(H,19,23). The van der Waals surface area contributed by atoms with Crippen LogP contribution in [0.4, 0.5) is 16.4 Å². The zero-order valence-electron chi connectivity index (χ0n) is 15.7. The van der Waals surface area contributed by atoms with Crippen molar-refractivity contribution in [2.45, 2.75) is 18.1 Å². The van der Waals surface area contributed by atoms with E-state index in [1.165, 1.54) is 16.7 Å². The van der Waals surface area contributed by atoms with Gasteiger partial charge in [-0.15, -0.1) is 0 Å². The van der Waals surface area contributed by atoms with E-state index in [1.807, 2.05) is 14.1 Å². The number of piperidine rings is 1. The summed E-state index contributed by atoms with van der Waals surface area (Å²) < 4.78 is 32.4. The Labute approximate surface area is 159 Å². The second-order valence-corrected chi connectivity index (χ2v) is 9.08. The van der Waals surface area contributed by atoms with E-state index in [0.717, 1.165) is 0 Å². The van der Waals surface area contributed by atoms with Crippen molar-refractivity contribution in [1.29, 1.82) is 0 Å². The average molecular weight is 398 g/mol. The maximum atomic E-state index is 12.9. The highest BCUT2D eigenvalue weighted by Gasteiger charge is 2.37. The normalized spacial score (nSPS) is 21.7. The molecule has 150 valence electrons. The molecule has 0 aromatic carbocycles.